The summed E-state index contributed by atoms with van der Waals surface area (Å²) in [6.07, 6.45) is -1.37. The van der Waals surface area contributed by atoms with Crippen LogP contribution in [0, 0.1) is 0 Å². The van der Waals surface area contributed by atoms with Crippen LogP contribution in [0.15, 0.2) is 146 Å². The fourth-order valence-corrected chi connectivity index (χ4v) is 4.81. The van der Waals surface area contributed by atoms with Gasteiger partial charge in [-0.15, -0.1) is 0 Å². The van der Waals surface area contributed by atoms with E-state index in [2.05, 4.69) is 30.3 Å². The Kier molecular flexibility index (Phi) is 7.70. The second-order valence-corrected chi connectivity index (χ2v) is 8.92. The second kappa shape index (κ2) is 11.7. The molecule has 1 heterocycles. The molecule has 0 aliphatic rings. The van der Waals surface area contributed by atoms with Crippen LogP contribution in [0.5, 0.6) is 0 Å². The van der Waals surface area contributed by atoms with Gasteiger partial charge in [0.1, 0.15) is 0 Å². The van der Waals surface area contributed by atoms with Crippen molar-refractivity contribution < 1.29 is 8.96 Å². The molecule has 6 aromatic rings. The smallest absolute Gasteiger partial charge is 0.170 e. The number of hydrogen-bond donors (Lipinski definition) is 0. The Morgan fingerprint density at radius 2 is 0.895 bits per heavy atom. The quantitative estimate of drug-likeness (QED) is 0.209. The Labute approximate surface area is 224 Å². The van der Waals surface area contributed by atoms with Gasteiger partial charge in [0.15, 0.2) is 0 Å². The summed E-state index contributed by atoms with van der Waals surface area (Å²) in [5.74, 6) is 0. The van der Waals surface area contributed by atoms with Crippen LogP contribution < -0.4 is 4.57 Å². The third kappa shape index (κ3) is 5.12. The Hall–Kier alpha value is -4.56. The number of benzene rings is 5. The maximum atomic E-state index is 16.8. The molecule has 0 fully saturated rings. The van der Waals surface area contributed by atoms with Gasteiger partial charge < -0.3 is 0 Å². The lowest BCUT2D eigenvalue weighted by atomic mass is 9.98. The Bertz CT molecular complexity index is 1570. The molecule has 186 valence electrons. The summed E-state index contributed by atoms with van der Waals surface area (Å²) >= 11 is 0. The van der Waals surface area contributed by atoms with Gasteiger partial charge in [-0.05, 0) is 58.3 Å². The van der Waals surface area contributed by atoms with Crippen LogP contribution in [-0.2, 0) is 0 Å². The van der Waals surface area contributed by atoms with Crippen molar-refractivity contribution in [1.82, 2.24) is 0 Å². The zero-order chi connectivity index (χ0) is 26.3. The number of rotatable bonds is 5. The Balaban J connectivity index is 0.00000144. The standard InChI is InChI=1S/C34H25FN.C2H6/c35-34(30-21-20-26-14-10-11-19-29(26)22-30)36-32(27-15-6-2-7-16-27)23-31(25-12-4-1-5-13-25)24-33(36)28-17-8-3-9-18-28;1-2/h1-24,34H;1-2H3/q+1;. The van der Waals surface area contributed by atoms with E-state index in [0.717, 1.165) is 44.4 Å². The van der Waals surface area contributed by atoms with E-state index in [0.29, 0.717) is 5.56 Å². The number of halogens is 1. The van der Waals surface area contributed by atoms with Gasteiger partial charge in [-0.3, -0.25) is 0 Å². The molecule has 0 saturated heterocycles. The monoisotopic (exact) mass is 496 g/mol. The summed E-state index contributed by atoms with van der Waals surface area (Å²) < 4.78 is 18.6. The van der Waals surface area contributed by atoms with Crippen molar-refractivity contribution in [2.24, 2.45) is 0 Å². The van der Waals surface area contributed by atoms with E-state index in [1.54, 1.807) is 0 Å². The van der Waals surface area contributed by atoms with Crippen LogP contribution in [0.25, 0.3) is 44.4 Å². The van der Waals surface area contributed by atoms with Crippen molar-refractivity contribution in [2.45, 2.75) is 20.1 Å². The molecule has 5 aromatic carbocycles. The van der Waals surface area contributed by atoms with Crippen molar-refractivity contribution in [3.8, 4) is 33.6 Å². The molecular formula is C36H31FN+. The number of alkyl halides is 1. The number of nitrogens with zero attached hydrogens (tertiary/aromatic N) is 1. The first kappa shape index (κ1) is 25.1. The molecule has 0 amide bonds. The number of aromatic nitrogens is 1. The van der Waals surface area contributed by atoms with Crippen LogP contribution in [-0.4, -0.2) is 0 Å². The van der Waals surface area contributed by atoms with Gasteiger partial charge >= 0.3 is 6.30 Å². The highest BCUT2D eigenvalue weighted by Crippen LogP contribution is 2.32. The molecule has 0 bridgehead atoms. The summed E-state index contributed by atoms with van der Waals surface area (Å²) in [4.78, 5) is 0. The minimum absolute atomic E-state index is 0.625. The largest absolute Gasteiger partial charge is 0.326 e. The fourth-order valence-electron chi connectivity index (χ4n) is 4.81. The van der Waals surface area contributed by atoms with Crippen LogP contribution in [0.3, 0.4) is 0 Å². The van der Waals surface area contributed by atoms with Gasteiger partial charge in [-0.1, -0.05) is 111 Å². The molecule has 1 nitrogen and oxygen atoms in total. The van der Waals surface area contributed by atoms with Gasteiger partial charge in [-0.25, -0.2) is 0 Å². The van der Waals surface area contributed by atoms with Crippen molar-refractivity contribution in [2.75, 3.05) is 0 Å². The van der Waals surface area contributed by atoms with Crippen LogP contribution >= 0.6 is 0 Å². The zero-order valence-electron chi connectivity index (χ0n) is 21.8. The lowest BCUT2D eigenvalue weighted by Crippen LogP contribution is -2.42. The van der Waals surface area contributed by atoms with Gasteiger partial charge in [-0.2, -0.15) is 8.96 Å². The van der Waals surface area contributed by atoms with Crippen molar-refractivity contribution in [1.29, 1.82) is 0 Å². The molecule has 38 heavy (non-hydrogen) atoms. The third-order valence-electron chi connectivity index (χ3n) is 6.63. The van der Waals surface area contributed by atoms with E-state index in [4.69, 9.17) is 0 Å². The molecule has 1 unspecified atom stereocenters. The molecule has 0 aliphatic heterocycles. The van der Waals surface area contributed by atoms with E-state index in [-0.39, 0.29) is 0 Å². The summed E-state index contributed by atoms with van der Waals surface area (Å²) in [6.45, 7) is 4.00. The minimum atomic E-state index is -1.37. The first-order valence-corrected chi connectivity index (χ1v) is 13.2. The second-order valence-electron chi connectivity index (χ2n) is 8.92. The van der Waals surface area contributed by atoms with Crippen LogP contribution in [0.2, 0.25) is 0 Å². The molecule has 0 N–H and O–H groups in total. The lowest BCUT2D eigenvalue weighted by molar-refractivity contribution is -0.717. The Morgan fingerprint density at radius 3 is 1.42 bits per heavy atom. The van der Waals surface area contributed by atoms with E-state index in [9.17, 15) is 0 Å². The van der Waals surface area contributed by atoms with Crippen molar-refractivity contribution in [3.05, 3.63) is 151 Å². The van der Waals surface area contributed by atoms with Crippen molar-refractivity contribution >= 4 is 10.8 Å². The highest BCUT2D eigenvalue weighted by Gasteiger charge is 2.31. The molecule has 1 aromatic heterocycles. The average molecular weight is 497 g/mol. The molecule has 0 aliphatic carbocycles. The van der Waals surface area contributed by atoms with Crippen LogP contribution in [0.4, 0.5) is 4.39 Å². The summed E-state index contributed by atoms with van der Waals surface area (Å²) in [5.41, 5.74) is 6.37. The number of pyridine rings is 1. The maximum absolute atomic E-state index is 16.8. The summed E-state index contributed by atoms with van der Waals surface area (Å²) in [6, 6.07) is 48.6. The third-order valence-corrected chi connectivity index (χ3v) is 6.63. The average Bonchev–Trinajstić information content (AvgIpc) is 3.02. The fraction of sp³-hybridized carbons (Fsp3) is 0.0833. The van der Waals surface area contributed by atoms with Gasteiger partial charge in [0, 0.05) is 23.3 Å². The molecule has 0 saturated carbocycles. The van der Waals surface area contributed by atoms with Gasteiger partial charge in [0.05, 0.1) is 5.56 Å². The summed E-state index contributed by atoms with van der Waals surface area (Å²) in [5, 5.41) is 2.13. The SMILES string of the molecule is CC.FC(c1ccc2ccccc2c1)[n+]1c(-c2ccccc2)cc(-c2ccccc2)cc1-c1ccccc1. The zero-order valence-corrected chi connectivity index (χ0v) is 21.8. The van der Waals surface area contributed by atoms with E-state index >= 15 is 4.39 Å². The topological polar surface area (TPSA) is 3.88 Å². The van der Waals surface area contributed by atoms with E-state index < -0.39 is 6.30 Å². The number of hydrogen-bond acceptors (Lipinski definition) is 0. The summed E-state index contributed by atoms with van der Waals surface area (Å²) in [7, 11) is 0. The molecule has 1 atom stereocenters. The normalized spacial score (nSPS) is 11.4. The molecule has 6 rings (SSSR count). The molecule has 2 heteroatoms. The maximum Gasteiger partial charge on any atom is 0.326 e. The molecular weight excluding hydrogens is 465 g/mol. The first-order chi connectivity index (χ1) is 18.8. The van der Waals surface area contributed by atoms with E-state index in [1.807, 2.05) is 134 Å². The van der Waals surface area contributed by atoms with Gasteiger partial charge in [0.2, 0.25) is 11.4 Å². The number of fused-ring (bicyclic) bond motifs is 1. The molecule has 0 spiro atoms. The van der Waals surface area contributed by atoms with Crippen molar-refractivity contribution in [3.63, 3.8) is 0 Å². The minimum Gasteiger partial charge on any atom is -0.170 e. The highest BCUT2D eigenvalue weighted by molar-refractivity contribution is 5.83. The predicted octanol–water partition coefficient (Wildman–Crippen LogP) is 9.67. The molecule has 0 radical (unpaired) electrons. The highest BCUT2D eigenvalue weighted by atomic mass is 19.1. The van der Waals surface area contributed by atoms with Gasteiger partial charge in [0.25, 0.3) is 0 Å². The predicted molar refractivity (Wildman–Crippen MR) is 157 cm³/mol. The Morgan fingerprint density at radius 1 is 0.447 bits per heavy atom. The lowest BCUT2D eigenvalue weighted by Gasteiger charge is -2.16. The van der Waals surface area contributed by atoms with E-state index in [1.165, 1.54) is 0 Å². The first-order valence-electron chi connectivity index (χ1n) is 13.2. The van der Waals surface area contributed by atoms with Crippen LogP contribution in [0.1, 0.15) is 25.7 Å².